The molecule has 2 aliphatic heterocycles. The number of benzene rings is 1. The average molecular weight is 367 g/mol. The van der Waals surface area contributed by atoms with Gasteiger partial charge in [0, 0.05) is 35.7 Å². The van der Waals surface area contributed by atoms with Crippen LogP contribution < -0.4 is 4.90 Å². The van der Waals surface area contributed by atoms with Gasteiger partial charge in [0.1, 0.15) is 0 Å². The lowest BCUT2D eigenvalue weighted by Gasteiger charge is -2.33. The van der Waals surface area contributed by atoms with Crippen LogP contribution in [-0.2, 0) is 14.8 Å². The molecule has 1 aromatic carbocycles. The first-order valence-corrected chi connectivity index (χ1v) is 10.9. The summed E-state index contributed by atoms with van der Waals surface area (Å²) >= 11 is 1.71. The third-order valence-corrected chi connectivity index (χ3v) is 7.93. The van der Waals surface area contributed by atoms with Crippen molar-refractivity contribution in [1.29, 1.82) is 0 Å². The topological polar surface area (TPSA) is 57.7 Å². The monoisotopic (exact) mass is 366 g/mol. The highest BCUT2D eigenvalue weighted by molar-refractivity contribution is 8.00. The first-order chi connectivity index (χ1) is 11.5. The molecular formula is C17H22N2O3S2. The first-order valence-electron chi connectivity index (χ1n) is 8.59. The fraction of sp³-hybridized carbons (Fsp3) is 0.588. The molecule has 1 aliphatic carbocycles. The summed E-state index contributed by atoms with van der Waals surface area (Å²) in [6.45, 7) is 3.95. The van der Waals surface area contributed by atoms with E-state index < -0.39 is 10.0 Å². The summed E-state index contributed by atoms with van der Waals surface area (Å²) < 4.78 is 27.2. The number of sulfonamides is 1. The number of fused-ring (bicyclic) bond motifs is 1. The Morgan fingerprint density at radius 2 is 1.92 bits per heavy atom. The van der Waals surface area contributed by atoms with Gasteiger partial charge in [-0.1, -0.05) is 6.92 Å². The van der Waals surface area contributed by atoms with E-state index in [0.29, 0.717) is 29.8 Å². The van der Waals surface area contributed by atoms with Crippen LogP contribution in [0.2, 0.25) is 0 Å². The lowest BCUT2D eigenvalue weighted by Crippen LogP contribution is -2.39. The Bertz CT molecular complexity index is 768. The Kier molecular flexibility index (Phi) is 4.13. The van der Waals surface area contributed by atoms with Crippen LogP contribution in [0.1, 0.15) is 32.6 Å². The predicted molar refractivity (Wildman–Crippen MR) is 94.8 cm³/mol. The van der Waals surface area contributed by atoms with Gasteiger partial charge in [-0.05, 0) is 43.9 Å². The highest BCUT2D eigenvalue weighted by Gasteiger charge is 2.38. The Morgan fingerprint density at radius 3 is 2.58 bits per heavy atom. The standard InChI is InChI=1S/C17H22N2O3S2/c1-12-11-19(17(20)13-4-5-13)15-10-14(6-7-16(15)23-12)24(21,22)18-8-2-3-9-18/h6-7,10,12-13H,2-5,8-9,11H2,1H3. The normalized spacial score (nSPS) is 24.9. The molecule has 1 amide bonds. The van der Waals surface area contributed by atoms with Crippen LogP contribution in [-0.4, -0.2) is 43.5 Å². The van der Waals surface area contributed by atoms with Gasteiger partial charge < -0.3 is 4.90 Å². The molecule has 0 aromatic heterocycles. The van der Waals surface area contributed by atoms with Crippen LogP contribution in [0.4, 0.5) is 5.69 Å². The lowest BCUT2D eigenvalue weighted by atomic mass is 10.2. The second kappa shape index (κ2) is 6.04. The lowest BCUT2D eigenvalue weighted by molar-refractivity contribution is -0.119. The van der Waals surface area contributed by atoms with Crippen molar-refractivity contribution in [1.82, 2.24) is 4.31 Å². The molecule has 130 valence electrons. The number of anilines is 1. The maximum atomic E-state index is 12.8. The van der Waals surface area contributed by atoms with Crippen LogP contribution in [0.15, 0.2) is 28.0 Å². The van der Waals surface area contributed by atoms with Crippen molar-refractivity contribution >= 4 is 33.4 Å². The molecule has 1 aromatic rings. The summed E-state index contributed by atoms with van der Waals surface area (Å²) in [6, 6.07) is 5.27. The zero-order valence-electron chi connectivity index (χ0n) is 13.8. The number of nitrogens with zero attached hydrogens (tertiary/aromatic N) is 2. The zero-order chi connectivity index (χ0) is 16.9. The third kappa shape index (κ3) is 2.86. The number of hydrogen-bond acceptors (Lipinski definition) is 4. The summed E-state index contributed by atoms with van der Waals surface area (Å²) in [7, 11) is -3.45. The average Bonchev–Trinajstić information content (AvgIpc) is 3.26. The molecule has 1 unspecified atom stereocenters. The number of thioether (sulfide) groups is 1. The van der Waals surface area contributed by atoms with Crippen LogP contribution in [0, 0.1) is 5.92 Å². The number of carbonyl (C=O) groups is 1. The summed E-state index contributed by atoms with van der Waals surface area (Å²) in [4.78, 5) is 15.8. The maximum Gasteiger partial charge on any atom is 0.243 e. The SMILES string of the molecule is CC1CN(C(=O)C2CC2)c2cc(S(=O)(=O)N3CCCC3)ccc2S1. The van der Waals surface area contributed by atoms with Gasteiger partial charge in [-0.2, -0.15) is 4.31 Å². The van der Waals surface area contributed by atoms with Crippen molar-refractivity contribution < 1.29 is 13.2 Å². The summed E-state index contributed by atoms with van der Waals surface area (Å²) in [5.74, 6) is 0.283. The largest absolute Gasteiger partial charge is 0.310 e. The molecule has 2 heterocycles. The molecule has 1 atom stereocenters. The highest BCUT2D eigenvalue weighted by atomic mass is 32.2. The maximum absolute atomic E-state index is 12.8. The van der Waals surface area contributed by atoms with Crippen molar-refractivity contribution in [2.24, 2.45) is 5.92 Å². The first kappa shape index (κ1) is 16.4. The molecule has 5 nitrogen and oxygen atoms in total. The number of rotatable bonds is 3. The van der Waals surface area contributed by atoms with Gasteiger partial charge in [0.05, 0.1) is 10.6 Å². The predicted octanol–water partition coefficient (Wildman–Crippen LogP) is 2.71. The van der Waals surface area contributed by atoms with E-state index in [9.17, 15) is 13.2 Å². The van der Waals surface area contributed by atoms with E-state index in [-0.39, 0.29) is 11.8 Å². The molecule has 7 heteroatoms. The minimum atomic E-state index is -3.45. The van der Waals surface area contributed by atoms with Gasteiger partial charge in [0.2, 0.25) is 15.9 Å². The van der Waals surface area contributed by atoms with Crippen molar-refractivity contribution in [3.63, 3.8) is 0 Å². The van der Waals surface area contributed by atoms with E-state index in [1.165, 1.54) is 0 Å². The van der Waals surface area contributed by atoms with Crippen molar-refractivity contribution in [3.8, 4) is 0 Å². The van der Waals surface area contributed by atoms with Gasteiger partial charge in [0.25, 0.3) is 0 Å². The van der Waals surface area contributed by atoms with Gasteiger partial charge in [-0.25, -0.2) is 8.42 Å². The molecule has 4 rings (SSSR count). The van der Waals surface area contributed by atoms with Crippen molar-refractivity contribution in [2.75, 3.05) is 24.5 Å². The number of amides is 1. The Hall–Kier alpha value is -1.05. The fourth-order valence-corrected chi connectivity index (χ4v) is 6.05. The van der Waals surface area contributed by atoms with E-state index in [1.807, 2.05) is 11.0 Å². The van der Waals surface area contributed by atoms with Crippen LogP contribution in [0.3, 0.4) is 0 Å². The van der Waals surface area contributed by atoms with E-state index in [0.717, 1.165) is 36.3 Å². The Labute approximate surface area is 147 Å². The molecule has 24 heavy (non-hydrogen) atoms. The molecule has 1 saturated carbocycles. The van der Waals surface area contributed by atoms with E-state index in [1.54, 1.807) is 28.2 Å². The molecular weight excluding hydrogens is 344 g/mol. The number of carbonyl (C=O) groups excluding carboxylic acids is 1. The van der Waals surface area contributed by atoms with Crippen LogP contribution in [0.5, 0.6) is 0 Å². The van der Waals surface area contributed by atoms with Gasteiger partial charge >= 0.3 is 0 Å². The van der Waals surface area contributed by atoms with Gasteiger partial charge in [0.15, 0.2) is 0 Å². The zero-order valence-corrected chi connectivity index (χ0v) is 15.4. The van der Waals surface area contributed by atoms with Gasteiger partial charge in [-0.15, -0.1) is 11.8 Å². The van der Waals surface area contributed by atoms with E-state index >= 15 is 0 Å². The summed E-state index contributed by atoms with van der Waals surface area (Å²) in [5, 5.41) is 0.321. The fourth-order valence-electron chi connectivity index (χ4n) is 3.41. The second-order valence-electron chi connectivity index (χ2n) is 6.89. The van der Waals surface area contributed by atoms with Crippen molar-refractivity contribution in [2.45, 2.75) is 47.6 Å². The second-order valence-corrected chi connectivity index (χ2v) is 10.3. The molecule has 0 bridgehead atoms. The Balaban J connectivity index is 1.72. The van der Waals surface area contributed by atoms with E-state index in [4.69, 9.17) is 0 Å². The quantitative estimate of drug-likeness (QED) is 0.825. The summed E-state index contributed by atoms with van der Waals surface area (Å²) in [6.07, 6.45) is 3.75. The molecule has 1 saturated heterocycles. The van der Waals surface area contributed by atoms with Crippen LogP contribution in [0.25, 0.3) is 0 Å². The molecule has 2 fully saturated rings. The van der Waals surface area contributed by atoms with Crippen molar-refractivity contribution in [3.05, 3.63) is 18.2 Å². The van der Waals surface area contributed by atoms with Gasteiger partial charge in [-0.3, -0.25) is 4.79 Å². The Morgan fingerprint density at radius 1 is 1.21 bits per heavy atom. The molecule has 3 aliphatic rings. The molecule has 0 radical (unpaired) electrons. The highest BCUT2D eigenvalue weighted by Crippen LogP contribution is 2.43. The van der Waals surface area contributed by atoms with E-state index in [2.05, 4.69) is 6.92 Å². The smallest absolute Gasteiger partial charge is 0.243 e. The molecule has 0 N–H and O–H groups in total. The van der Waals surface area contributed by atoms with Crippen LogP contribution >= 0.6 is 11.8 Å². The third-order valence-electron chi connectivity index (χ3n) is 4.88. The minimum Gasteiger partial charge on any atom is -0.310 e. The minimum absolute atomic E-state index is 0.131. The molecule has 0 spiro atoms. The number of hydrogen-bond donors (Lipinski definition) is 0. The summed E-state index contributed by atoms with van der Waals surface area (Å²) in [5.41, 5.74) is 0.773.